The highest BCUT2D eigenvalue weighted by molar-refractivity contribution is 7.92. The van der Waals surface area contributed by atoms with Gasteiger partial charge in [0.05, 0.1) is 23.7 Å². The number of hydrogen-bond acceptors (Lipinski definition) is 4. The van der Waals surface area contributed by atoms with Crippen molar-refractivity contribution in [3.05, 3.63) is 90.0 Å². The summed E-state index contributed by atoms with van der Waals surface area (Å²) in [6, 6.07) is 23.9. The first-order valence-corrected chi connectivity index (χ1v) is 11.1. The van der Waals surface area contributed by atoms with Crippen molar-refractivity contribution in [3.8, 4) is 5.75 Å². The second-order valence-electron chi connectivity index (χ2n) is 7.06. The number of hydrogen-bond donors (Lipinski definition) is 0. The number of sulfonamides is 1. The molecule has 3 aromatic carbocycles. The summed E-state index contributed by atoms with van der Waals surface area (Å²) in [5.41, 5.74) is 2.76. The van der Waals surface area contributed by atoms with Gasteiger partial charge in [-0.25, -0.2) is 12.7 Å². The Morgan fingerprint density at radius 1 is 1.00 bits per heavy atom. The van der Waals surface area contributed by atoms with Gasteiger partial charge < -0.3 is 9.47 Å². The maximum Gasteiger partial charge on any atom is 0.243 e. The Labute approximate surface area is 171 Å². The zero-order valence-corrected chi connectivity index (χ0v) is 17.0. The number of anilines is 2. The molecule has 0 N–H and O–H groups in total. The second-order valence-corrected chi connectivity index (χ2v) is 8.87. The minimum absolute atomic E-state index is 0.0941. The summed E-state index contributed by atoms with van der Waals surface area (Å²) in [6.07, 6.45) is 0.131. The molecule has 29 heavy (non-hydrogen) atoms. The number of ether oxygens (including phenoxy) is 2. The van der Waals surface area contributed by atoms with Crippen LogP contribution >= 0.6 is 0 Å². The first-order chi connectivity index (χ1) is 14.0. The Hall–Kier alpha value is -2.83. The van der Waals surface area contributed by atoms with E-state index in [-0.39, 0.29) is 11.9 Å². The molecule has 0 saturated carbocycles. The Morgan fingerprint density at radius 2 is 1.66 bits per heavy atom. The van der Waals surface area contributed by atoms with Gasteiger partial charge in [0.2, 0.25) is 10.0 Å². The van der Waals surface area contributed by atoms with Crippen LogP contribution in [0.2, 0.25) is 0 Å². The van der Waals surface area contributed by atoms with E-state index in [4.69, 9.17) is 9.47 Å². The second kappa shape index (κ2) is 8.27. The van der Waals surface area contributed by atoms with Crippen LogP contribution in [0.4, 0.5) is 11.4 Å². The van der Waals surface area contributed by atoms with Gasteiger partial charge in [-0.3, -0.25) is 0 Å². The molecule has 1 atom stereocenters. The van der Waals surface area contributed by atoms with E-state index >= 15 is 0 Å². The molecule has 0 amide bonds. The molecule has 1 heterocycles. The molecule has 0 radical (unpaired) electrons. The molecule has 1 unspecified atom stereocenters. The highest BCUT2D eigenvalue weighted by Crippen LogP contribution is 2.35. The molecule has 0 aromatic heterocycles. The molecule has 1 aliphatic heterocycles. The molecule has 150 valence electrons. The fraction of sp³-hybridized carbons (Fsp3) is 0.217. The van der Waals surface area contributed by atoms with Crippen LogP contribution in [0.15, 0.2) is 78.9 Å². The molecule has 1 aliphatic rings. The van der Waals surface area contributed by atoms with E-state index in [2.05, 4.69) is 0 Å². The highest BCUT2D eigenvalue weighted by Gasteiger charge is 2.27. The number of aryl methyl sites for hydroxylation is 1. The lowest BCUT2D eigenvalue weighted by Crippen LogP contribution is -2.28. The Balaban J connectivity index is 1.74. The van der Waals surface area contributed by atoms with E-state index in [1.54, 1.807) is 18.2 Å². The molecule has 6 heteroatoms. The quantitative estimate of drug-likeness (QED) is 0.516. The highest BCUT2D eigenvalue weighted by atomic mass is 32.2. The monoisotopic (exact) mass is 409 g/mol. The molecule has 0 spiro atoms. The predicted molar refractivity (Wildman–Crippen MR) is 114 cm³/mol. The lowest BCUT2D eigenvalue weighted by atomic mass is 10.2. The number of rotatable bonds is 8. The molecule has 0 bridgehead atoms. The first-order valence-electron chi connectivity index (χ1n) is 9.50. The number of benzene rings is 3. The van der Waals surface area contributed by atoms with E-state index in [1.165, 1.54) is 4.31 Å². The van der Waals surface area contributed by atoms with E-state index < -0.39 is 10.0 Å². The van der Waals surface area contributed by atoms with Crippen LogP contribution in [0.3, 0.4) is 0 Å². The standard InChI is InChI=1S/C23H23NO4S/c1-18-12-13-21(27-15-22-16-28-22)14-23(18)24(20-10-6-3-7-11-20)29(25,26)17-19-8-4-2-5-9-19/h2-14,22H,15-17H2,1H3. The first kappa shape index (κ1) is 19.5. The Bertz CT molecular complexity index is 1060. The van der Waals surface area contributed by atoms with Crippen LogP contribution < -0.4 is 9.04 Å². The normalized spacial score (nSPS) is 15.7. The smallest absolute Gasteiger partial charge is 0.243 e. The van der Waals surface area contributed by atoms with E-state index in [1.807, 2.05) is 67.6 Å². The van der Waals surface area contributed by atoms with Gasteiger partial charge in [-0.05, 0) is 36.2 Å². The fourth-order valence-corrected chi connectivity index (χ4v) is 4.80. The van der Waals surface area contributed by atoms with Gasteiger partial charge in [-0.2, -0.15) is 0 Å². The third-order valence-electron chi connectivity index (χ3n) is 4.70. The maximum absolute atomic E-state index is 13.5. The van der Waals surface area contributed by atoms with Gasteiger partial charge in [0.1, 0.15) is 18.5 Å². The molecule has 1 saturated heterocycles. The molecule has 1 fully saturated rings. The maximum atomic E-state index is 13.5. The Kier molecular flexibility index (Phi) is 5.56. The summed E-state index contributed by atoms with van der Waals surface area (Å²) < 4.78 is 39.4. The van der Waals surface area contributed by atoms with Gasteiger partial charge in [0.25, 0.3) is 0 Å². The summed E-state index contributed by atoms with van der Waals surface area (Å²) in [4.78, 5) is 0. The van der Waals surface area contributed by atoms with Crippen molar-refractivity contribution >= 4 is 21.4 Å². The van der Waals surface area contributed by atoms with E-state index in [0.29, 0.717) is 30.3 Å². The zero-order chi connectivity index (χ0) is 20.3. The van der Waals surface area contributed by atoms with Crippen molar-refractivity contribution < 1.29 is 17.9 Å². The molecule has 3 aromatic rings. The lowest BCUT2D eigenvalue weighted by Gasteiger charge is -2.26. The van der Waals surface area contributed by atoms with E-state index in [0.717, 1.165) is 11.1 Å². The topological polar surface area (TPSA) is 59.1 Å². The van der Waals surface area contributed by atoms with Crippen LogP contribution in [-0.2, 0) is 20.5 Å². The molecular formula is C23H23NO4S. The van der Waals surface area contributed by atoms with Gasteiger partial charge in [-0.15, -0.1) is 0 Å². The fourth-order valence-electron chi connectivity index (χ4n) is 3.11. The van der Waals surface area contributed by atoms with Crippen molar-refractivity contribution in [3.63, 3.8) is 0 Å². The van der Waals surface area contributed by atoms with Crippen LogP contribution in [0, 0.1) is 6.92 Å². The minimum atomic E-state index is -3.69. The third-order valence-corrected chi connectivity index (χ3v) is 6.36. The van der Waals surface area contributed by atoms with Crippen molar-refractivity contribution in [2.24, 2.45) is 0 Å². The van der Waals surface area contributed by atoms with Gasteiger partial charge in [0, 0.05) is 6.07 Å². The van der Waals surface area contributed by atoms with Crippen molar-refractivity contribution in [1.29, 1.82) is 0 Å². The third kappa shape index (κ3) is 4.78. The van der Waals surface area contributed by atoms with Crippen molar-refractivity contribution in [2.45, 2.75) is 18.8 Å². The Morgan fingerprint density at radius 3 is 2.31 bits per heavy atom. The predicted octanol–water partition coefficient (Wildman–Crippen LogP) is 4.44. The average Bonchev–Trinajstić information content (AvgIpc) is 3.54. The summed E-state index contributed by atoms with van der Waals surface area (Å²) in [5.74, 6) is 0.528. The number of para-hydroxylation sites is 1. The zero-order valence-electron chi connectivity index (χ0n) is 16.2. The summed E-state index contributed by atoms with van der Waals surface area (Å²) in [5, 5.41) is 0. The summed E-state index contributed by atoms with van der Waals surface area (Å²) in [7, 11) is -3.69. The van der Waals surface area contributed by atoms with Crippen LogP contribution in [-0.4, -0.2) is 27.7 Å². The molecule has 0 aliphatic carbocycles. The van der Waals surface area contributed by atoms with Crippen LogP contribution in [0.5, 0.6) is 5.75 Å². The molecule has 4 rings (SSSR count). The summed E-state index contributed by atoms with van der Waals surface area (Å²) >= 11 is 0. The van der Waals surface area contributed by atoms with Crippen LogP contribution in [0.1, 0.15) is 11.1 Å². The van der Waals surface area contributed by atoms with Gasteiger partial charge in [0.15, 0.2) is 0 Å². The molecular weight excluding hydrogens is 386 g/mol. The van der Waals surface area contributed by atoms with Crippen LogP contribution in [0.25, 0.3) is 0 Å². The van der Waals surface area contributed by atoms with E-state index in [9.17, 15) is 8.42 Å². The number of epoxide rings is 1. The minimum Gasteiger partial charge on any atom is -0.491 e. The van der Waals surface area contributed by atoms with Gasteiger partial charge in [-0.1, -0.05) is 54.6 Å². The average molecular weight is 410 g/mol. The molecule has 5 nitrogen and oxygen atoms in total. The summed E-state index contributed by atoms with van der Waals surface area (Å²) in [6.45, 7) is 3.07. The van der Waals surface area contributed by atoms with Crippen molar-refractivity contribution in [2.75, 3.05) is 17.5 Å². The van der Waals surface area contributed by atoms with Crippen molar-refractivity contribution in [1.82, 2.24) is 0 Å². The number of nitrogens with zero attached hydrogens (tertiary/aromatic N) is 1. The van der Waals surface area contributed by atoms with Gasteiger partial charge >= 0.3 is 0 Å². The largest absolute Gasteiger partial charge is 0.491 e. The lowest BCUT2D eigenvalue weighted by molar-refractivity contribution is 0.263. The SMILES string of the molecule is Cc1ccc(OCC2CO2)cc1N(c1ccccc1)S(=O)(=O)Cc1ccccc1.